The number of alkyl halides is 3. The summed E-state index contributed by atoms with van der Waals surface area (Å²) in [5.74, 6) is 0.222. The van der Waals surface area contributed by atoms with Gasteiger partial charge in [0.05, 0.1) is 5.56 Å². The van der Waals surface area contributed by atoms with Gasteiger partial charge in [-0.2, -0.15) is 13.2 Å². The van der Waals surface area contributed by atoms with Crippen LogP contribution >= 0.6 is 11.3 Å². The van der Waals surface area contributed by atoms with Crippen LogP contribution in [0.1, 0.15) is 11.1 Å². The van der Waals surface area contributed by atoms with Gasteiger partial charge in [0.2, 0.25) is 0 Å². The molecule has 3 rings (SSSR count). The first-order valence-electron chi connectivity index (χ1n) is 6.29. The first-order chi connectivity index (χ1) is 10.0. The minimum atomic E-state index is -4.35. The number of benzene rings is 2. The van der Waals surface area contributed by atoms with Crippen molar-refractivity contribution in [1.82, 2.24) is 0 Å². The van der Waals surface area contributed by atoms with Gasteiger partial charge in [-0.05, 0) is 35.0 Å². The first-order valence-corrected chi connectivity index (χ1v) is 7.17. The molecule has 0 N–H and O–H groups in total. The van der Waals surface area contributed by atoms with Crippen LogP contribution in [-0.2, 0) is 12.8 Å². The van der Waals surface area contributed by atoms with Crippen LogP contribution in [-0.4, -0.2) is 0 Å². The number of fused-ring (bicyclic) bond motifs is 1. The van der Waals surface area contributed by atoms with Crippen molar-refractivity contribution in [2.24, 2.45) is 0 Å². The predicted octanol–water partition coefficient (Wildman–Crippen LogP) is 5.50. The highest BCUT2D eigenvalue weighted by molar-refractivity contribution is 7.17. The number of halogens is 3. The van der Waals surface area contributed by atoms with Crippen LogP contribution in [0.3, 0.4) is 0 Å². The molecule has 0 saturated heterocycles. The van der Waals surface area contributed by atoms with E-state index in [1.54, 1.807) is 11.3 Å². The van der Waals surface area contributed by atoms with Crippen molar-refractivity contribution in [3.8, 4) is 5.75 Å². The molecule has 0 amide bonds. The van der Waals surface area contributed by atoms with E-state index in [0.29, 0.717) is 0 Å². The van der Waals surface area contributed by atoms with E-state index < -0.39 is 11.7 Å². The summed E-state index contributed by atoms with van der Waals surface area (Å²) in [5.41, 5.74) is 0.281. The molecule has 5 heteroatoms. The highest BCUT2D eigenvalue weighted by atomic mass is 32.1. The Labute approximate surface area is 123 Å². The highest BCUT2D eigenvalue weighted by Crippen LogP contribution is 2.32. The van der Waals surface area contributed by atoms with Crippen molar-refractivity contribution in [3.63, 3.8) is 0 Å². The van der Waals surface area contributed by atoms with Gasteiger partial charge in [0.15, 0.2) is 0 Å². The lowest BCUT2D eigenvalue weighted by Crippen LogP contribution is -2.05. The molecule has 0 atom stereocenters. The summed E-state index contributed by atoms with van der Waals surface area (Å²) >= 11 is 1.60. The van der Waals surface area contributed by atoms with Crippen LogP contribution in [0.4, 0.5) is 13.2 Å². The lowest BCUT2D eigenvalue weighted by Gasteiger charge is -2.10. The summed E-state index contributed by atoms with van der Waals surface area (Å²) in [6, 6.07) is 12.8. The predicted molar refractivity (Wildman–Crippen MR) is 77.6 cm³/mol. The minimum absolute atomic E-state index is 0.222. The van der Waals surface area contributed by atoms with Crippen LogP contribution in [0.2, 0.25) is 0 Å². The molecule has 0 fully saturated rings. The molecule has 0 saturated carbocycles. The third kappa shape index (κ3) is 3.03. The molecule has 21 heavy (non-hydrogen) atoms. The van der Waals surface area contributed by atoms with Gasteiger partial charge in [0.1, 0.15) is 12.4 Å². The fraction of sp³-hybridized carbons (Fsp3) is 0.125. The van der Waals surface area contributed by atoms with Crippen LogP contribution in [0.15, 0.2) is 53.9 Å². The number of hydrogen-bond donors (Lipinski definition) is 0. The Bertz CT molecular complexity index is 761. The number of hydrogen-bond acceptors (Lipinski definition) is 2. The standard InChI is InChI=1S/C16H11F3OS/c17-16(18,19)12-4-3-5-13(8-12)20-9-11-10-21-15-7-2-1-6-14(11)15/h1-8,10H,9H2. The lowest BCUT2D eigenvalue weighted by atomic mass is 10.2. The molecule has 0 aliphatic heterocycles. The van der Waals surface area contributed by atoms with Crippen molar-refractivity contribution < 1.29 is 17.9 Å². The summed E-state index contributed by atoms with van der Waals surface area (Å²) in [7, 11) is 0. The Hall–Kier alpha value is -2.01. The van der Waals surface area contributed by atoms with Crippen LogP contribution in [0.5, 0.6) is 5.75 Å². The smallest absolute Gasteiger partial charge is 0.416 e. The zero-order valence-corrected chi connectivity index (χ0v) is 11.7. The third-order valence-electron chi connectivity index (χ3n) is 3.12. The molecule has 0 unspecified atom stereocenters. The molecule has 1 aromatic heterocycles. The van der Waals surface area contributed by atoms with Gasteiger partial charge in [-0.3, -0.25) is 0 Å². The van der Waals surface area contributed by atoms with Crippen molar-refractivity contribution in [2.45, 2.75) is 12.8 Å². The van der Waals surface area contributed by atoms with E-state index >= 15 is 0 Å². The molecule has 0 radical (unpaired) electrons. The minimum Gasteiger partial charge on any atom is -0.489 e. The van der Waals surface area contributed by atoms with Gasteiger partial charge in [0, 0.05) is 10.3 Å². The summed E-state index contributed by atoms with van der Waals surface area (Å²) in [5, 5.41) is 3.05. The fourth-order valence-electron chi connectivity index (χ4n) is 2.07. The second-order valence-corrected chi connectivity index (χ2v) is 5.48. The molecule has 1 heterocycles. The van der Waals surface area contributed by atoms with Crippen LogP contribution in [0, 0.1) is 0 Å². The maximum atomic E-state index is 12.6. The van der Waals surface area contributed by atoms with E-state index in [0.717, 1.165) is 27.8 Å². The zero-order chi connectivity index (χ0) is 14.9. The van der Waals surface area contributed by atoms with Gasteiger partial charge in [-0.15, -0.1) is 11.3 Å². The van der Waals surface area contributed by atoms with Gasteiger partial charge < -0.3 is 4.74 Å². The topological polar surface area (TPSA) is 9.23 Å². The Morgan fingerprint density at radius 3 is 2.62 bits per heavy atom. The van der Waals surface area contributed by atoms with Crippen molar-refractivity contribution in [2.75, 3.05) is 0 Å². The Morgan fingerprint density at radius 2 is 1.81 bits per heavy atom. The average Bonchev–Trinajstić information content (AvgIpc) is 2.88. The summed E-state index contributed by atoms with van der Waals surface area (Å²) in [6.45, 7) is 0.255. The van der Waals surface area contributed by atoms with Crippen LogP contribution in [0.25, 0.3) is 10.1 Å². The normalized spacial score (nSPS) is 11.8. The maximum Gasteiger partial charge on any atom is 0.416 e. The average molecular weight is 308 g/mol. The van der Waals surface area contributed by atoms with Crippen LogP contribution < -0.4 is 4.74 Å². The van der Waals surface area contributed by atoms with Gasteiger partial charge in [0.25, 0.3) is 0 Å². The third-order valence-corrected chi connectivity index (χ3v) is 4.13. The first kappa shape index (κ1) is 13.9. The monoisotopic (exact) mass is 308 g/mol. The van der Waals surface area contributed by atoms with E-state index in [9.17, 15) is 13.2 Å². The molecule has 2 aromatic carbocycles. The second-order valence-electron chi connectivity index (χ2n) is 4.57. The zero-order valence-electron chi connectivity index (χ0n) is 10.9. The van der Waals surface area contributed by atoms with Gasteiger partial charge in [-0.1, -0.05) is 24.3 Å². The highest BCUT2D eigenvalue weighted by Gasteiger charge is 2.30. The van der Waals surface area contributed by atoms with Crippen molar-refractivity contribution >= 4 is 21.4 Å². The Morgan fingerprint density at radius 1 is 1.00 bits per heavy atom. The molecule has 0 aliphatic carbocycles. The van der Waals surface area contributed by atoms with Gasteiger partial charge in [-0.25, -0.2) is 0 Å². The van der Waals surface area contributed by atoms with E-state index in [4.69, 9.17) is 4.74 Å². The number of thiophene rings is 1. The quantitative estimate of drug-likeness (QED) is 0.621. The molecule has 3 aromatic rings. The number of ether oxygens (including phenoxy) is 1. The second kappa shape index (κ2) is 5.41. The molecular formula is C16H11F3OS. The van der Waals surface area contributed by atoms with Crippen molar-refractivity contribution in [3.05, 3.63) is 65.0 Å². The maximum absolute atomic E-state index is 12.6. The van der Waals surface area contributed by atoms with Gasteiger partial charge >= 0.3 is 6.18 Å². The van der Waals surface area contributed by atoms with E-state index in [2.05, 4.69) is 0 Å². The van der Waals surface area contributed by atoms with E-state index in [1.807, 2.05) is 29.6 Å². The molecule has 108 valence electrons. The molecule has 0 spiro atoms. The molecule has 0 bridgehead atoms. The lowest BCUT2D eigenvalue weighted by molar-refractivity contribution is -0.137. The molecular weight excluding hydrogens is 297 g/mol. The SMILES string of the molecule is FC(F)(F)c1cccc(OCc2csc3ccccc23)c1. The van der Waals surface area contributed by atoms with E-state index in [-0.39, 0.29) is 12.4 Å². The molecule has 0 aliphatic rings. The summed E-state index contributed by atoms with van der Waals surface area (Å²) in [4.78, 5) is 0. The fourth-order valence-corrected chi connectivity index (χ4v) is 3.02. The summed E-state index contributed by atoms with van der Waals surface area (Å²) in [6.07, 6.45) is -4.35. The Kier molecular flexibility index (Phi) is 3.59. The summed E-state index contributed by atoms with van der Waals surface area (Å²) < 4.78 is 44.5. The Balaban J connectivity index is 1.79. The van der Waals surface area contributed by atoms with E-state index in [1.165, 1.54) is 12.1 Å². The van der Waals surface area contributed by atoms with Crippen molar-refractivity contribution in [1.29, 1.82) is 0 Å². The number of rotatable bonds is 3. The molecule has 1 nitrogen and oxygen atoms in total. The largest absolute Gasteiger partial charge is 0.489 e.